The van der Waals surface area contributed by atoms with E-state index in [1.165, 1.54) is 0 Å². The van der Waals surface area contributed by atoms with Crippen LogP contribution >= 0.6 is 11.6 Å². The maximum Gasteiger partial charge on any atom is 0.332 e. The molecule has 7 nitrogen and oxygen atoms in total. The van der Waals surface area contributed by atoms with E-state index in [0.29, 0.717) is 22.3 Å². The number of nitrogens with zero attached hydrogens (tertiary/aromatic N) is 1. The molecule has 146 valence electrons. The fourth-order valence-electron chi connectivity index (χ4n) is 2.71. The summed E-state index contributed by atoms with van der Waals surface area (Å²) in [7, 11) is 0. The van der Waals surface area contributed by atoms with Crippen LogP contribution in [0, 0.1) is 0 Å². The summed E-state index contributed by atoms with van der Waals surface area (Å²) in [6.45, 7) is 0.220. The first-order valence-electron chi connectivity index (χ1n) is 8.75. The standard InChI is InChI=1S/C20H19ClN2O5/c21-16-8-3-1-6-14(16)12-27-13-18(24)28-11-5-10-23-19(25)15-7-2-4-9-17(15)22-20(23)26/h1-4,6-9H,5,10-13H2,(H,22,26). The Hall–Kier alpha value is -2.90. The van der Waals surface area contributed by atoms with Crippen molar-refractivity contribution in [3.63, 3.8) is 0 Å². The number of benzene rings is 2. The van der Waals surface area contributed by atoms with E-state index in [2.05, 4.69) is 4.98 Å². The summed E-state index contributed by atoms with van der Waals surface area (Å²) < 4.78 is 11.5. The minimum absolute atomic E-state index is 0.0764. The summed E-state index contributed by atoms with van der Waals surface area (Å²) in [5, 5.41) is 1.01. The first kappa shape index (κ1) is 19.9. The summed E-state index contributed by atoms with van der Waals surface area (Å²) in [6.07, 6.45) is 0.331. The minimum atomic E-state index is -0.521. The van der Waals surface area contributed by atoms with Crippen LogP contribution in [0.5, 0.6) is 0 Å². The largest absolute Gasteiger partial charge is 0.464 e. The monoisotopic (exact) mass is 402 g/mol. The van der Waals surface area contributed by atoms with Gasteiger partial charge in [-0.15, -0.1) is 0 Å². The molecule has 8 heteroatoms. The number of para-hydroxylation sites is 1. The van der Waals surface area contributed by atoms with Crippen molar-refractivity contribution < 1.29 is 14.3 Å². The van der Waals surface area contributed by atoms with E-state index >= 15 is 0 Å². The molecule has 1 N–H and O–H groups in total. The van der Waals surface area contributed by atoms with Gasteiger partial charge in [-0.25, -0.2) is 9.59 Å². The zero-order chi connectivity index (χ0) is 19.9. The number of hydrogen-bond acceptors (Lipinski definition) is 5. The lowest BCUT2D eigenvalue weighted by Gasteiger charge is -2.08. The van der Waals surface area contributed by atoms with E-state index in [0.717, 1.165) is 10.1 Å². The average molecular weight is 403 g/mol. The Morgan fingerprint density at radius 2 is 1.82 bits per heavy atom. The van der Waals surface area contributed by atoms with Crippen LogP contribution in [0.1, 0.15) is 12.0 Å². The third-order valence-corrected chi connectivity index (χ3v) is 4.48. The molecule has 28 heavy (non-hydrogen) atoms. The van der Waals surface area contributed by atoms with Crippen molar-refractivity contribution in [3.8, 4) is 0 Å². The summed E-state index contributed by atoms with van der Waals surface area (Å²) in [5.41, 5.74) is 0.426. The average Bonchev–Trinajstić information content (AvgIpc) is 2.69. The number of hydrogen-bond donors (Lipinski definition) is 1. The van der Waals surface area contributed by atoms with Crippen LogP contribution in [0.3, 0.4) is 0 Å². The molecule has 0 unspecified atom stereocenters. The van der Waals surface area contributed by atoms with Gasteiger partial charge in [0.25, 0.3) is 5.56 Å². The van der Waals surface area contributed by atoms with Crippen LogP contribution in [0.4, 0.5) is 0 Å². The number of fused-ring (bicyclic) bond motifs is 1. The zero-order valence-corrected chi connectivity index (χ0v) is 15.8. The Kier molecular flexibility index (Phi) is 6.62. The van der Waals surface area contributed by atoms with Gasteiger partial charge in [-0.2, -0.15) is 0 Å². The molecule has 0 spiro atoms. The first-order chi connectivity index (χ1) is 13.6. The second-order valence-corrected chi connectivity index (χ2v) is 6.50. The number of halogens is 1. The number of ether oxygens (including phenoxy) is 2. The number of aromatic nitrogens is 2. The predicted octanol–water partition coefficient (Wildman–Crippen LogP) is 2.49. The van der Waals surface area contributed by atoms with E-state index in [-0.39, 0.29) is 31.9 Å². The highest BCUT2D eigenvalue weighted by molar-refractivity contribution is 6.31. The lowest BCUT2D eigenvalue weighted by Crippen LogP contribution is -2.35. The second kappa shape index (κ2) is 9.34. The van der Waals surface area contributed by atoms with Crippen molar-refractivity contribution in [3.05, 3.63) is 80.0 Å². The number of carbonyl (C=O) groups excluding carboxylic acids is 1. The maximum absolute atomic E-state index is 12.4. The Balaban J connectivity index is 1.45. The molecule has 0 fully saturated rings. The fourth-order valence-corrected chi connectivity index (χ4v) is 2.90. The minimum Gasteiger partial charge on any atom is -0.464 e. The lowest BCUT2D eigenvalue weighted by atomic mass is 10.2. The third kappa shape index (κ3) is 4.88. The van der Waals surface area contributed by atoms with E-state index in [1.54, 1.807) is 30.3 Å². The molecule has 0 bridgehead atoms. The molecular weight excluding hydrogens is 384 g/mol. The van der Waals surface area contributed by atoms with Gasteiger partial charge in [0.2, 0.25) is 0 Å². The van der Waals surface area contributed by atoms with Crippen LogP contribution in [0.2, 0.25) is 5.02 Å². The van der Waals surface area contributed by atoms with Crippen molar-refractivity contribution in [2.45, 2.75) is 19.6 Å². The van der Waals surface area contributed by atoms with Crippen LogP contribution in [-0.2, 0) is 27.4 Å². The normalized spacial score (nSPS) is 10.9. The number of aromatic amines is 1. The van der Waals surface area contributed by atoms with Crippen molar-refractivity contribution in [2.75, 3.05) is 13.2 Å². The molecule has 1 heterocycles. The van der Waals surface area contributed by atoms with Crippen molar-refractivity contribution >= 4 is 28.5 Å². The van der Waals surface area contributed by atoms with Crippen LogP contribution in [0.15, 0.2) is 58.1 Å². The molecule has 0 aliphatic carbocycles. The van der Waals surface area contributed by atoms with Gasteiger partial charge < -0.3 is 14.5 Å². The number of rotatable bonds is 8. The summed E-state index contributed by atoms with van der Waals surface area (Å²) in [6, 6.07) is 14.0. The van der Waals surface area contributed by atoms with Gasteiger partial charge in [0.15, 0.2) is 0 Å². The Labute approximate surface area is 165 Å². The SMILES string of the molecule is O=C(COCc1ccccc1Cl)OCCCn1c(=O)[nH]c2ccccc2c1=O. The summed E-state index contributed by atoms with van der Waals surface area (Å²) >= 11 is 6.01. The molecule has 1 aromatic heterocycles. The van der Waals surface area contributed by atoms with E-state index < -0.39 is 11.7 Å². The number of carbonyl (C=O) groups is 1. The highest BCUT2D eigenvalue weighted by Gasteiger charge is 2.08. The highest BCUT2D eigenvalue weighted by atomic mass is 35.5. The maximum atomic E-state index is 12.4. The smallest absolute Gasteiger partial charge is 0.332 e. The van der Waals surface area contributed by atoms with Gasteiger partial charge >= 0.3 is 11.7 Å². The van der Waals surface area contributed by atoms with Crippen molar-refractivity contribution in [1.82, 2.24) is 9.55 Å². The van der Waals surface area contributed by atoms with E-state index in [1.807, 2.05) is 18.2 Å². The number of esters is 1. The Morgan fingerprint density at radius 3 is 2.64 bits per heavy atom. The first-order valence-corrected chi connectivity index (χ1v) is 9.12. The number of H-pyrrole nitrogens is 1. The molecule has 0 aliphatic heterocycles. The Morgan fingerprint density at radius 1 is 1.07 bits per heavy atom. The van der Waals surface area contributed by atoms with Crippen LogP contribution < -0.4 is 11.2 Å². The molecule has 0 saturated heterocycles. The highest BCUT2D eigenvalue weighted by Crippen LogP contribution is 2.15. The van der Waals surface area contributed by atoms with Gasteiger partial charge in [-0.1, -0.05) is 41.9 Å². The summed E-state index contributed by atoms with van der Waals surface area (Å²) in [5.74, 6) is -0.521. The molecule has 0 radical (unpaired) electrons. The second-order valence-electron chi connectivity index (χ2n) is 6.09. The van der Waals surface area contributed by atoms with E-state index in [4.69, 9.17) is 21.1 Å². The van der Waals surface area contributed by atoms with E-state index in [9.17, 15) is 14.4 Å². The molecular formula is C20H19ClN2O5. The molecule has 0 aliphatic rings. The molecule has 0 atom stereocenters. The van der Waals surface area contributed by atoms with Crippen molar-refractivity contribution in [2.24, 2.45) is 0 Å². The topological polar surface area (TPSA) is 90.4 Å². The van der Waals surface area contributed by atoms with Gasteiger partial charge in [0.1, 0.15) is 6.61 Å². The van der Waals surface area contributed by atoms with Crippen LogP contribution in [0.25, 0.3) is 10.9 Å². The van der Waals surface area contributed by atoms with Gasteiger partial charge in [0.05, 0.1) is 24.1 Å². The fraction of sp³-hybridized carbons (Fsp3) is 0.250. The molecule has 3 rings (SSSR count). The van der Waals surface area contributed by atoms with Crippen molar-refractivity contribution in [1.29, 1.82) is 0 Å². The van der Waals surface area contributed by atoms with Gasteiger partial charge in [-0.3, -0.25) is 9.36 Å². The number of nitrogens with one attached hydrogen (secondary N) is 1. The Bertz CT molecular complexity index is 1090. The molecule has 2 aromatic carbocycles. The third-order valence-electron chi connectivity index (χ3n) is 4.11. The lowest BCUT2D eigenvalue weighted by molar-refractivity contribution is -0.149. The molecule has 0 saturated carbocycles. The quantitative estimate of drug-likeness (QED) is 0.462. The molecule has 3 aromatic rings. The zero-order valence-electron chi connectivity index (χ0n) is 15.0. The van der Waals surface area contributed by atoms with Gasteiger partial charge in [-0.05, 0) is 30.2 Å². The van der Waals surface area contributed by atoms with Gasteiger partial charge in [0, 0.05) is 11.6 Å². The summed E-state index contributed by atoms with van der Waals surface area (Å²) in [4.78, 5) is 38.8. The predicted molar refractivity (Wildman–Crippen MR) is 106 cm³/mol. The van der Waals surface area contributed by atoms with Crippen LogP contribution in [-0.4, -0.2) is 28.7 Å². The molecule has 0 amide bonds.